The standard InChI is InChI=1S/C21H21ClN4O/c1-14-10-20(25-21(23-14)24-18-5-3-4-17(22)12-18)26-9-8-15-11-19(27-2)7-6-16(15)13-26/h3-7,10-12H,8-9,13H2,1-2H3,(H,23,24,25). The number of halogens is 1. The van der Waals surface area contributed by atoms with Crippen molar-refractivity contribution in [2.24, 2.45) is 0 Å². The van der Waals surface area contributed by atoms with Gasteiger partial charge in [0.05, 0.1) is 7.11 Å². The second kappa shape index (κ2) is 7.45. The monoisotopic (exact) mass is 380 g/mol. The van der Waals surface area contributed by atoms with Gasteiger partial charge < -0.3 is 15.0 Å². The van der Waals surface area contributed by atoms with Crippen molar-refractivity contribution in [1.82, 2.24) is 9.97 Å². The molecule has 0 spiro atoms. The van der Waals surface area contributed by atoms with Gasteiger partial charge in [0.15, 0.2) is 0 Å². The van der Waals surface area contributed by atoms with E-state index in [0.29, 0.717) is 11.0 Å². The molecule has 138 valence electrons. The zero-order valence-electron chi connectivity index (χ0n) is 15.4. The van der Waals surface area contributed by atoms with Crippen molar-refractivity contribution in [3.63, 3.8) is 0 Å². The van der Waals surface area contributed by atoms with Gasteiger partial charge >= 0.3 is 0 Å². The highest BCUT2D eigenvalue weighted by Gasteiger charge is 2.19. The van der Waals surface area contributed by atoms with Crippen molar-refractivity contribution < 1.29 is 4.74 Å². The van der Waals surface area contributed by atoms with Crippen LogP contribution in [0, 0.1) is 6.92 Å². The number of methoxy groups -OCH3 is 1. The van der Waals surface area contributed by atoms with Gasteiger partial charge in [0.25, 0.3) is 0 Å². The van der Waals surface area contributed by atoms with Crippen LogP contribution in [0.5, 0.6) is 5.75 Å². The number of ether oxygens (including phenoxy) is 1. The first kappa shape index (κ1) is 17.6. The normalized spacial score (nSPS) is 13.2. The summed E-state index contributed by atoms with van der Waals surface area (Å²) >= 11 is 6.07. The minimum absolute atomic E-state index is 0.577. The van der Waals surface area contributed by atoms with E-state index in [2.05, 4.69) is 27.3 Å². The molecule has 5 nitrogen and oxygen atoms in total. The third-order valence-corrected chi connectivity index (χ3v) is 4.91. The number of hydrogen-bond donors (Lipinski definition) is 1. The number of nitrogens with zero attached hydrogens (tertiary/aromatic N) is 3. The van der Waals surface area contributed by atoms with Crippen molar-refractivity contribution in [2.45, 2.75) is 19.9 Å². The van der Waals surface area contributed by atoms with E-state index in [-0.39, 0.29) is 0 Å². The highest BCUT2D eigenvalue weighted by atomic mass is 35.5. The fourth-order valence-corrected chi connectivity index (χ4v) is 3.51. The molecule has 2 heterocycles. The summed E-state index contributed by atoms with van der Waals surface area (Å²) in [6.07, 6.45) is 0.965. The van der Waals surface area contributed by atoms with Crippen LogP contribution in [-0.4, -0.2) is 23.6 Å². The molecule has 0 radical (unpaired) electrons. The summed E-state index contributed by atoms with van der Waals surface area (Å²) < 4.78 is 5.34. The van der Waals surface area contributed by atoms with Gasteiger partial charge in [-0.2, -0.15) is 4.98 Å². The molecule has 1 N–H and O–H groups in total. The van der Waals surface area contributed by atoms with Gasteiger partial charge in [0.1, 0.15) is 11.6 Å². The Kier molecular flexibility index (Phi) is 4.86. The quantitative estimate of drug-likeness (QED) is 0.707. The molecule has 0 saturated carbocycles. The molecule has 0 bridgehead atoms. The Morgan fingerprint density at radius 1 is 1.07 bits per heavy atom. The van der Waals surface area contributed by atoms with Gasteiger partial charge in [0.2, 0.25) is 5.95 Å². The van der Waals surface area contributed by atoms with Crippen molar-refractivity contribution in [3.8, 4) is 5.75 Å². The maximum atomic E-state index is 6.07. The third kappa shape index (κ3) is 3.98. The molecule has 0 unspecified atom stereocenters. The van der Waals surface area contributed by atoms with Crippen LogP contribution >= 0.6 is 11.6 Å². The molecule has 3 aromatic rings. The third-order valence-electron chi connectivity index (χ3n) is 4.67. The topological polar surface area (TPSA) is 50.3 Å². The lowest BCUT2D eigenvalue weighted by Gasteiger charge is -2.30. The molecule has 2 aromatic carbocycles. The second-order valence-electron chi connectivity index (χ2n) is 6.63. The number of fused-ring (bicyclic) bond motifs is 1. The first-order valence-electron chi connectivity index (χ1n) is 8.90. The Labute approximate surface area is 164 Å². The lowest BCUT2D eigenvalue weighted by molar-refractivity contribution is 0.413. The van der Waals surface area contributed by atoms with E-state index in [9.17, 15) is 0 Å². The summed E-state index contributed by atoms with van der Waals surface area (Å²) in [5, 5.41) is 3.93. The number of nitrogens with one attached hydrogen (secondary N) is 1. The minimum Gasteiger partial charge on any atom is -0.497 e. The fraction of sp³-hybridized carbons (Fsp3) is 0.238. The van der Waals surface area contributed by atoms with Crippen LogP contribution in [0.4, 0.5) is 17.5 Å². The summed E-state index contributed by atoms with van der Waals surface area (Å²) in [6, 6.07) is 15.9. The highest BCUT2D eigenvalue weighted by molar-refractivity contribution is 6.30. The molecular weight excluding hydrogens is 360 g/mol. The van der Waals surface area contributed by atoms with Crippen LogP contribution in [0.1, 0.15) is 16.8 Å². The van der Waals surface area contributed by atoms with Crippen LogP contribution in [0.15, 0.2) is 48.5 Å². The maximum Gasteiger partial charge on any atom is 0.229 e. The highest BCUT2D eigenvalue weighted by Crippen LogP contribution is 2.27. The van der Waals surface area contributed by atoms with Crippen molar-refractivity contribution in [3.05, 3.63) is 70.4 Å². The Balaban J connectivity index is 1.58. The zero-order chi connectivity index (χ0) is 18.8. The Hall–Kier alpha value is -2.79. The molecule has 0 atom stereocenters. The molecule has 0 saturated heterocycles. The molecule has 1 aliphatic heterocycles. The van der Waals surface area contributed by atoms with E-state index >= 15 is 0 Å². The summed E-state index contributed by atoms with van der Waals surface area (Å²) in [5.74, 6) is 2.41. The predicted octanol–water partition coefficient (Wildman–Crippen LogP) is 4.75. The Morgan fingerprint density at radius 3 is 2.78 bits per heavy atom. The first-order chi connectivity index (χ1) is 13.1. The second-order valence-corrected chi connectivity index (χ2v) is 7.07. The van der Waals surface area contributed by atoms with Gasteiger partial charge in [-0.25, -0.2) is 4.98 Å². The molecule has 0 fully saturated rings. The van der Waals surface area contributed by atoms with Gasteiger partial charge in [0, 0.05) is 35.6 Å². The molecule has 0 aliphatic carbocycles. The number of rotatable bonds is 4. The van der Waals surface area contributed by atoms with E-state index in [4.69, 9.17) is 21.3 Å². The van der Waals surface area contributed by atoms with Gasteiger partial charge in [-0.1, -0.05) is 23.7 Å². The lowest BCUT2D eigenvalue weighted by atomic mass is 9.99. The number of benzene rings is 2. The van der Waals surface area contributed by atoms with Crippen LogP contribution in [0.25, 0.3) is 0 Å². The van der Waals surface area contributed by atoms with Crippen LogP contribution in [0.2, 0.25) is 5.02 Å². The van der Waals surface area contributed by atoms with Crippen molar-refractivity contribution in [2.75, 3.05) is 23.9 Å². The minimum atomic E-state index is 0.577. The SMILES string of the molecule is COc1ccc2c(c1)CCN(c1cc(C)nc(Nc3cccc(Cl)c3)n1)C2. The van der Waals surface area contributed by atoms with Crippen LogP contribution in [0.3, 0.4) is 0 Å². The average molecular weight is 381 g/mol. The van der Waals surface area contributed by atoms with E-state index in [0.717, 1.165) is 42.5 Å². The summed E-state index contributed by atoms with van der Waals surface area (Å²) in [6.45, 7) is 3.72. The summed E-state index contributed by atoms with van der Waals surface area (Å²) in [4.78, 5) is 11.5. The number of hydrogen-bond acceptors (Lipinski definition) is 5. The molecule has 0 amide bonds. The van der Waals surface area contributed by atoms with Crippen LogP contribution in [-0.2, 0) is 13.0 Å². The van der Waals surface area contributed by atoms with Gasteiger partial charge in [-0.15, -0.1) is 0 Å². The smallest absolute Gasteiger partial charge is 0.229 e. The maximum absolute atomic E-state index is 6.07. The zero-order valence-corrected chi connectivity index (χ0v) is 16.1. The van der Waals surface area contributed by atoms with E-state index in [1.54, 1.807) is 7.11 Å². The lowest BCUT2D eigenvalue weighted by Crippen LogP contribution is -2.31. The molecule has 27 heavy (non-hydrogen) atoms. The molecule has 4 rings (SSSR count). The van der Waals surface area contributed by atoms with Gasteiger partial charge in [-0.05, 0) is 54.8 Å². The molecular formula is C21H21ClN4O. The first-order valence-corrected chi connectivity index (χ1v) is 9.27. The number of aryl methyl sites for hydroxylation is 1. The van der Waals surface area contributed by atoms with E-state index in [1.807, 2.05) is 43.3 Å². The molecule has 1 aliphatic rings. The Morgan fingerprint density at radius 2 is 1.96 bits per heavy atom. The van der Waals surface area contributed by atoms with Crippen molar-refractivity contribution >= 4 is 29.1 Å². The molecule has 6 heteroatoms. The average Bonchev–Trinajstić information content (AvgIpc) is 2.66. The summed E-state index contributed by atoms with van der Waals surface area (Å²) in [7, 11) is 1.70. The van der Waals surface area contributed by atoms with E-state index in [1.165, 1.54) is 11.1 Å². The fourth-order valence-electron chi connectivity index (χ4n) is 3.32. The van der Waals surface area contributed by atoms with E-state index < -0.39 is 0 Å². The summed E-state index contributed by atoms with van der Waals surface area (Å²) in [5.41, 5.74) is 4.44. The predicted molar refractivity (Wildman–Crippen MR) is 109 cm³/mol. The van der Waals surface area contributed by atoms with Gasteiger partial charge in [-0.3, -0.25) is 0 Å². The number of aromatic nitrogens is 2. The van der Waals surface area contributed by atoms with Crippen molar-refractivity contribution in [1.29, 1.82) is 0 Å². The molecule has 1 aromatic heterocycles. The Bertz CT molecular complexity index is 976. The largest absolute Gasteiger partial charge is 0.497 e. The number of anilines is 3. The van der Waals surface area contributed by atoms with Crippen LogP contribution < -0.4 is 15.0 Å².